The molecule has 0 aliphatic rings. The van der Waals surface area contributed by atoms with Gasteiger partial charge >= 0.3 is 5.97 Å². The second-order valence-electron chi connectivity index (χ2n) is 7.08. The fraction of sp³-hybridized carbons (Fsp3) is 0.429. The van der Waals surface area contributed by atoms with E-state index in [0.29, 0.717) is 18.7 Å². The van der Waals surface area contributed by atoms with Gasteiger partial charge in [0.2, 0.25) is 5.95 Å². The molecule has 10 nitrogen and oxygen atoms in total. The Labute approximate surface area is 182 Å². The van der Waals surface area contributed by atoms with Gasteiger partial charge < -0.3 is 26.3 Å². The number of nitrogens with one attached hydrogen (secondary N) is 2. The van der Waals surface area contributed by atoms with Gasteiger partial charge in [-0.15, -0.1) is 0 Å². The lowest BCUT2D eigenvalue weighted by molar-refractivity contribution is -0.135. The fourth-order valence-electron chi connectivity index (χ4n) is 3.14. The number of aryl methyl sites for hydroxylation is 1. The predicted octanol–water partition coefficient (Wildman–Crippen LogP) is 1.67. The van der Waals surface area contributed by atoms with Crippen LogP contribution in [0.15, 0.2) is 23.2 Å². The van der Waals surface area contributed by atoms with Crippen LogP contribution in [0.5, 0.6) is 5.75 Å². The summed E-state index contributed by atoms with van der Waals surface area (Å²) in [5.41, 5.74) is 11.9. The minimum Gasteiger partial charge on any atom is -0.496 e. The molecule has 0 fully saturated rings. The van der Waals surface area contributed by atoms with E-state index in [-0.39, 0.29) is 12.5 Å². The van der Waals surface area contributed by atoms with Gasteiger partial charge in [-0.1, -0.05) is 25.5 Å². The number of hydrazine groups is 1. The van der Waals surface area contributed by atoms with Gasteiger partial charge in [-0.05, 0) is 30.5 Å². The molecular formula is C21H31N7O3. The minimum atomic E-state index is -1.02. The summed E-state index contributed by atoms with van der Waals surface area (Å²) >= 11 is 0. The molecule has 0 bridgehead atoms. The molecule has 7 N–H and O–H groups in total. The maximum atomic E-state index is 10.8. The fourth-order valence-corrected chi connectivity index (χ4v) is 3.14. The number of carboxylic acid groups (broad SMARTS) is 1. The number of aliphatic carboxylic acids is 1. The molecule has 0 spiro atoms. The van der Waals surface area contributed by atoms with E-state index < -0.39 is 5.97 Å². The minimum absolute atomic E-state index is 0.231. The van der Waals surface area contributed by atoms with Crippen LogP contribution in [0.4, 0.5) is 11.8 Å². The molecule has 2 rings (SSSR count). The van der Waals surface area contributed by atoms with E-state index >= 15 is 0 Å². The maximum absolute atomic E-state index is 10.8. The third-order valence-electron chi connectivity index (χ3n) is 4.71. The lowest BCUT2D eigenvalue weighted by Gasteiger charge is -2.16. The first-order valence-electron chi connectivity index (χ1n) is 10.1. The van der Waals surface area contributed by atoms with Crippen molar-refractivity contribution in [3.05, 3.63) is 40.6 Å². The van der Waals surface area contributed by atoms with Gasteiger partial charge in [0.1, 0.15) is 23.9 Å². The highest BCUT2D eigenvalue weighted by Gasteiger charge is 2.15. The van der Waals surface area contributed by atoms with Crippen LogP contribution in [0.25, 0.3) is 0 Å². The number of methoxy groups -OCH3 is 1. The Morgan fingerprint density at radius 3 is 2.74 bits per heavy atom. The number of nitrogens with zero attached hydrogens (tertiary/aromatic N) is 3. The van der Waals surface area contributed by atoms with E-state index in [9.17, 15) is 4.79 Å². The van der Waals surface area contributed by atoms with E-state index in [0.717, 1.165) is 53.3 Å². The highest BCUT2D eigenvalue weighted by atomic mass is 16.5. The Morgan fingerprint density at radius 2 is 2.10 bits per heavy atom. The number of rotatable bonds is 11. The van der Waals surface area contributed by atoms with Crippen LogP contribution in [0.1, 0.15) is 42.1 Å². The zero-order valence-corrected chi connectivity index (χ0v) is 18.2. The number of aliphatic imine (C=N–C) groups is 1. The summed E-state index contributed by atoms with van der Waals surface area (Å²) in [6, 6.07) is 5.74. The number of aromatic nitrogens is 2. The largest absolute Gasteiger partial charge is 0.496 e. The van der Waals surface area contributed by atoms with E-state index in [1.54, 1.807) is 7.11 Å². The topological polar surface area (TPSA) is 161 Å². The van der Waals surface area contributed by atoms with Crippen LogP contribution in [0.2, 0.25) is 0 Å². The second kappa shape index (κ2) is 11.7. The quantitative estimate of drug-likeness (QED) is 0.118. The van der Waals surface area contributed by atoms with Gasteiger partial charge in [0.15, 0.2) is 0 Å². The summed E-state index contributed by atoms with van der Waals surface area (Å²) < 4.78 is 5.55. The first-order chi connectivity index (χ1) is 14.9. The second-order valence-corrected chi connectivity index (χ2v) is 7.08. The van der Waals surface area contributed by atoms with Crippen LogP contribution in [0, 0.1) is 6.92 Å². The van der Waals surface area contributed by atoms with Gasteiger partial charge in [-0.25, -0.2) is 10.8 Å². The van der Waals surface area contributed by atoms with Crippen molar-refractivity contribution in [3.63, 3.8) is 0 Å². The van der Waals surface area contributed by atoms with Crippen molar-refractivity contribution in [2.24, 2.45) is 10.8 Å². The number of amidine groups is 1. The molecule has 0 amide bonds. The highest BCUT2D eigenvalue weighted by Crippen LogP contribution is 2.27. The highest BCUT2D eigenvalue weighted by molar-refractivity contribution is 5.86. The van der Waals surface area contributed by atoms with E-state index in [4.69, 9.17) is 21.4 Å². The van der Waals surface area contributed by atoms with Gasteiger partial charge in [0, 0.05) is 30.6 Å². The average molecular weight is 430 g/mol. The molecule has 1 aromatic carbocycles. The van der Waals surface area contributed by atoms with Crippen molar-refractivity contribution >= 4 is 23.6 Å². The Hall–Kier alpha value is -3.40. The number of nitrogens with two attached hydrogens (primary N) is 2. The molecule has 10 heteroatoms. The third-order valence-corrected chi connectivity index (χ3v) is 4.71. The predicted molar refractivity (Wildman–Crippen MR) is 121 cm³/mol. The molecule has 0 radical (unpaired) electrons. The summed E-state index contributed by atoms with van der Waals surface area (Å²) in [4.78, 5) is 23.5. The first kappa shape index (κ1) is 23.9. The molecule has 0 aliphatic carbocycles. The first-order valence-corrected chi connectivity index (χ1v) is 10.1. The Kier molecular flexibility index (Phi) is 9.01. The van der Waals surface area contributed by atoms with Crippen LogP contribution < -0.4 is 27.1 Å². The smallest absolute Gasteiger partial charge is 0.325 e. The molecule has 168 valence electrons. The zero-order valence-electron chi connectivity index (χ0n) is 18.2. The maximum Gasteiger partial charge on any atom is 0.325 e. The Bertz CT molecular complexity index is 931. The lowest BCUT2D eigenvalue weighted by Crippen LogP contribution is -2.32. The Morgan fingerprint density at radius 1 is 1.32 bits per heavy atom. The summed E-state index contributed by atoms with van der Waals surface area (Å²) in [5, 5.41) is 12.2. The number of hydrogen-bond acceptors (Lipinski definition) is 8. The van der Waals surface area contributed by atoms with Crippen molar-refractivity contribution in [3.8, 4) is 5.75 Å². The number of hydrogen-bond donors (Lipinski definition) is 5. The number of nitrogen functional groups attached to an aromatic ring is 1. The molecule has 0 aliphatic heterocycles. The molecular weight excluding hydrogens is 398 g/mol. The van der Waals surface area contributed by atoms with Crippen molar-refractivity contribution in [2.45, 2.75) is 39.5 Å². The number of carbonyl (C=O) groups is 1. The normalized spacial score (nSPS) is 11.3. The van der Waals surface area contributed by atoms with Crippen LogP contribution in [-0.4, -0.2) is 47.1 Å². The molecule has 0 atom stereocenters. The SMILES string of the molecule is CCCCNc1nc(N)nc(C)c1Cc1cc(CC(=NCC(=O)O)NN)ccc1OC. The van der Waals surface area contributed by atoms with Crippen LogP contribution in [0.3, 0.4) is 0 Å². The Balaban J connectivity index is 2.35. The van der Waals surface area contributed by atoms with E-state index in [1.807, 2.05) is 25.1 Å². The number of unbranched alkanes of at least 4 members (excludes halogenated alkanes) is 1. The summed E-state index contributed by atoms with van der Waals surface area (Å²) in [7, 11) is 1.62. The summed E-state index contributed by atoms with van der Waals surface area (Å²) in [6.07, 6.45) is 2.99. The number of carboxylic acids is 1. The molecule has 0 saturated carbocycles. The van der Waals surface area contributed by atoms with E-state index in [1.165, 1.54) is 0 Å². The van der Waals surface area contributed by atoms with Gasteiger partial charge in [0.05, 0.1) is 7.11 Å². The van der Waals surface area contributed by atoms with Crippen molar-refractivity contribution in [1.29, 1.82) is 0 Å². The van der Waals surface area contributed by atoms with Crippen molar-refractivity contribution in [2.75, 3.05) is 31.2 Å². The number of benzene rings is 1. The van der Waals surface area contributed by atoms with Gasteiger partial charge in [0.25, 0.3) is 0 Å². The lowest BCUT2D eigenvalue weighted by atomic mass is 9.99. The zero-order chi connectivity index (χ0) is 22.8. The number of anilines is 2. The monoisotopic (exact) mass is 429 g/mol. The third kappa shape index (κ3) is 7.10. The van der Waals surface area contributed by atoms with Gasteiger partial charge in [-0.3, -0.25) is 9.79 Å². The van der Waals surface area contributed by atoms with E-state index in [2.05, 4.69) is 32.6 Å². The van der Waals surface area contributed by atoms with Crippen molar-refractivity contribution in [1.82, 2.24) is 15.4 Å². The molecule has 31 heavy (non-hydrogen) atoms. The van der Waals surface area contributed by atoms with Gasteiger partial charge in [-0.2, -0.15) is 4.98 Å². The standard InChI is InChI=1S/C21H31N7O3/c1-4-5-8-24-20-16(13(2)26-21(22)27-20)11-15-9-14(6-7-17(15)31-3)10-18(28-23)25-12-19(29)30/h6-7,9H,4-5,8,10-12,23H2,1-3H3,(H,25,28)(H,29,30)(H3,22,24,26,27). The summed E-state index contributed by atoms with van der Waals surface area (Å²) in [6.45, 7) is 4.48. The molecule has 0 saturated heterocycles. The molecule has 1 aromatic heterocycles. The number of ether oxygens (including phenoxy) is 1. The van der Waals surface area contributed by atoms with Crippen LogP contribution >= 0.6 is 0 Å². The van der Waals surface area contributed by atoms with Crippen molar-refractivity contribution < 1.29 is 14.6 Å². The molecule has 2 aromatic rings. The summed E-state index contributed by atoms with van der Waals surface area (Å²) in [5.74, 6) is 6.54. The average Bonchev–Trinajstić information content (AvgIpc) is 2.73. The molecule has 1 heterocycles. The molecule has 0 unspecified atom stereocenters. The van der Waals surface area contributed by atoms with Crippen LogP contribution in [-0.2, 0) is 17.6 Å².